The fourth-order valence-corrected chi connectivity index (χ4v) is 3.25. The van der Waals surface area contributed by atoms with Gasteiger partial charge in [-0.25, -0.2) is 9.18 Å². The van der Waals surface area contributed by atoms with E-state index in [-0.39, 0.29) is 24.9 Å². The average Bonchev–Trinajstić information content (AvgIpc) is 3.02. The standard InChI is InChI=1S/C16H24FN3O3/c1-16(2,3)23-15(22)19-13-6-4-5-12(13)14(21)20-9-10(17)7-11(20)8-18/h10-13H,4-7,9H2,1-3H3,(H,19,22)/t10-,11-,12+,13-/m0/s1. The highest BCUT2D eigenvalue weighted by Gasteiger charge is 2.42. The molecule has 1 heterocycles. The summed E-state index contributed by atoms with van der Waals surface area (Å²) in [6, 6.07) is 0.957. The Labute approximate surface area is 136 Å². The first-order valence-electron chi connectivity index (χ1n) is 8.05. The number of alkyl carbamates (subject to hydrolysis) is 1. The minimum Gasteiger partial charge on any atom is -0.444 e. The molecule has 1 aliphatic heterocycles. The summed E-state index contributed by atoms with van der Waals surface area (Å²) >= 11 is 0. The third-order valence-electron chi connectivity index (χ3n) is 4.22. The van der Waals surface area contributed by atoms with Crippen LogP contribution in [0.5, 0.6) is 0 Å². The number of alkyl halides is 1. The molecule has 2 rings (SSSR count). The van der Waals surface area contributed by atoms with Crippen LogP contribution in [0, 0.1) is 17.2 Å². The zero-order valence-corrected chi connectivity index (χ0v) is 13.8. The van der Waals surface area contributed by atoms with E-state index in [1.165, 1.54) is 4.90 Å². The number of ether oxygens (including phenoxy) is 1. The molecule has 6 nitrogen and oxygen atoms in total. The highest BCUT2D eigenvalue weighted by molar-refractivity contribution is 5.82. The number of carbonyl (C=O) groups excluding carboxylic acids is 2. The minimum absolute atomic E-state index is 0.0350. The maximum absolute atomic E-state index is 13.5. The molecule has 0 unspecified atom stereocenters. The Morgan fingerprint density at radius 3 is 2.65 bits per heavy atom. The summed E-state index contributed by atoms with van der Waals surface area (Å²) in [5.74, 6) is -0.654. The van der Waals surface area contributed by atoms with E-state index >= 15 is 0 Å². The number of rotatable bonds is 2. The van der Waals surface area contributed by atoms with Gasteiger partial charge in [-0.1, -0.05) is 6.42 Å². The zero-order chi connectivity index (χ0) is 17.2. The van der Waals surface area contributed by atoms with E-state index in [4.69, 9.17) is 10.00 Å². The van der Waals surface area contributed by atoms with Crippen LogP contribution < -0.4 is 5.32 Å². The third kappa shape index (κ3) is 4.34. The largest absolute Gasteiger partial charge is 0.444 e. The Morgan fingerprint density at radius 2 is 2.04 bits per heavy atom. The SMILES string of the molecule is CC(C)(C)OC(=O)N[C@H]1CCC[C@H]1C(=O)N1C[C@@H](F)C[C@H]1C#N. The van der Waals surface area contributed by atoms with Crippen LogP contribution in [0.25, 0.3) is 0 Å². The molecule has 2 aliphatic rings. The van der Waals surface area contributed by atoms with Crippen LogP contribution in [0.2, 0.25) is 0 Å². The Bertz CT molecular complexity index is 512. The summed E-state index contributed by atoms with van der Waals surface area (Å²) in [7, 11) is 0. The highest BCUT2D eigenvalue weighted by Crippen LogP contribution is 2.31. The lowest BCUT2D eigenvalue weighted by Gasteiger charge is -2.28. The monoisotopic (exact) mass is 325 g/mol. The second kappa shape index (κ2) is 6.73. The van der Waals surface area contributed by atoms with Crippen LogP contribution in [0.3, 0.4) is 0 Å². The van der Waals surface area contributed by atoms with Gasteiger partial charge in [0.15, 0.2) is 0 Å². The van der Waals surface area contributed by atoms with Gasteiger partial charge in [0.25, 0.3) is 0 Å². The minimum atomic E-state index is -1.15. The number of halogens is 1. The number of nitrogens with zero attached hydrogens (tertiary/aromatic N) is 2. The van der Waals surface area contributed by atoms with E-state index in [0.717, 1.165) is 6.42 Å². The number of carbonyl (C=O) groups is 2. The Balaban J connectivity index is 2.00. The molecule has 1 aliphatic carbocycles. The second-order valence-corrected chi connectivity index (χ2v) is 7.26. The van der Waals surface area contributed by atoms with Crippen molar-refractivity contribution in [3.8, 4) is 6.07 Å². The van der Waals surface area contributed by atoms with Gasteiger partial charge in [0.05, 0.1) is 18.5 Å². The van der Waals surface area contributed by atoms with Gasteiger partial charge in [-0.05, 0) is 33.6 Å². The van der Waals surface area contributed by atoms with Crippen LogP contribution in [0.15, 0.2) is 0 Å². The van der Waals surface area contributed by atoms with Crippen molar-refractivity contribution in [1.29, 1.82) is 5.26 Å². The third-order valence-corrected chi connectivity index (χ3v) is 4.22. The summed E-state index contributed by atoms with van der Waals surface area (Å²) in [4.78, 5) is 25.9. The predicted molar refractivity (Wildman–Crippen MR) is 81.1 cm³/mol. The predicted octanol–water partition coefficient (Wildman–Crippen LogP) is 2.14. The van der Waals surface area contributed by atoms with Gasteiger partial charge < -0.3 is 15.0 Å². The Morgan fingerprint density at radius 1 is 1.35 bits per heavy atom. The van der Waals surface area contributed by atoms with Gasteiger partial charge in [-0.2, -0.15) is 5.26 Å². The lowest BCUT2D eigenvalue weighted by atomic mass is 10.0. The van der Waals surface area contributed by atoms with Crippen molar-refractivity contribution in [2.75, 3.05) is 6.54 Å². The fraction of sp³-hybridized carbons (Fsp3) is 0.812. The topological polar surface area (TPSA) is 82.4 Å². The molecule has 0 aromatic rings. The number of likely N-dealkylation sites (tertiary alicyclic amines) is 1. The quantitative estimate of drug-likeness (QED) is 0.843. The second-order valence-electron chi connectivity index (χ2n) is 7.26. The smallest absolute Gasteiger partial charge is 0.407 e. The summed E-state index contributed by atoms with van der Waals surface area (Å²) < 4.78 is 18.7. The van der Waals surface area contributed by atoms with E-state index in [9.17, 15) is 14.0 Å². The number of hydrogen-bond donors (Lipinski definition) is 1. The maximum Gasteiger partial charge on any atom is 0.407 e. The maximum atomic E-state index is 13.5. The molecule has 0 bridgehead atoms. The number of nitrogens with one attached hydrogen (secondary N) is 1. The van der Waals surface area contributed by atoms with Crippen LogP contribution in [0.1, 0.15) is 46.5 Å². The number of amides is 2. The Kier molecular flexibility index (Phi) is 5.12. The molecule has 1 saturated carbocycles. The van der Waals surface area contributed by atoms with Gasteiger partial charge in [-0.3, -0.25) is 4.79 Å². The first-order valence-corrected chi connectivity index (χ1v) is 8.05. The molecule has 0 radical (unpaired) electrons. The van der Waals surface area contributed by atoms with E-state index in [1.807, 2.05) is 6.07 Å². The van der Waals surface area contributed by atoms with Gasteiger partial charge >= 0.3 is 6.09 Å². The van der Waals surface area contributed by atoms with Crippen molar-refractivity contribution in [2.45, 2.75) is 70.3 Å². The molecule has 7 heteroatoms. The molecule has 128 valence electrons. The molecule has 2 fully saturated rings. The Hall–Kier alpha value is -1.84. The molecule has 0 aromatic heterocycles. The van der Waals surface area contributed by atoms with Crippen LogP contribution in [-0.4, -0.2) is 47.3 Å². The van der Waals surface area contributed by atoms with E-state index in [0.29, 0.717) is 12.8 Å². The van der Waals surface area contributed by atoms with Crippen molar-refractivity contribution in [1.82, 2.24) is 10.2 Å². The van der Waals surface area contributed by atoms with Crippen molar-refractivity contribution in [2.24, 2.45) is 5.92 Å². The molecule has 0 aromatic carbocycles. The highest BCUT2D eigenvalue weighted by atomic mass is 19.1. The van der Waals surface area contributed by atoms with E-state index < -0.39 is 29.8 Å². The van der Waals surface area contributed by atoms with E-state index in [1.54, 1.807) is 20.8 Å². The fourth-order valence-electron chi connectivity index (χ4n) is 3.25. The molecular weight excluding hydrogens is 301 g/mol. The molecular formula is C16H24FN3O3. The molecule has 1 N–H and O–H groups in total. The van der Waals surface area contributed by atoms with Gasteiger partial charge in [-0.15, -0.1) is 0 Å². The van der Waals surface area contributed by atoms with Crippen molar-refractivity contribution >= 4 is 12.0 Å². The molecule has 4 atom stereocenters. The number of hydrogen-bond acceptors (Lipinski definition) is 4. The molecule has 2 amide bonds. The van der Waals surface area contributed by atoms with Crippen molar-refractivity contribution in [3.05, 3.63) is 0 Å². The average molecular weight is 325 g/mol. The lowest BCUT2D eigenvalue weighted by molar-refractivity contribution is -0.136. The summed E-state index contributed by atoms with van der Waals surface area (Å²) in [6.07, 6.45) is 0.483. The summed E-state index contributed by atoms with van der Waals surface area (Å²) in [5, 5.41) is 11.8. The van der Waals surface area contributed by atoms with Gasteiger partial charge in [0.1, 0.15) is 17.8 Å². The van der Waals surface area contributed by atoms with Crippen LogP contribution in [-0.2, 0) is 9.53 Å². The van der Waals surface area contributed by atoms with Gasteiger partial charge in [0.2, 0.25) is 5.91 Å². The first kappa shape index (κ1) is 17.5. The van der Waals surface area contributed by atoms with E-state index in [2.05, 4.69) is 5.32 Å². The molecule has 23 heavy (non-hydrogen) atoms. The van der Waals surface area contributed by atoms with Gasteiger partial charge in [0, 0.05) is 12.5 Å². The first-order chi connectivity index (χ1) is 10.7. The normalized spacial score (nSPS) is 30.8. The summed E-state index contributed by atoms with van der Waals surface area (Å²) in [5.41, 5.74) is -0.607. The zero-order valence-electron chi connectivity index (χ0n) is 13.8. The van der Waals surface area contributed by atoms with Crippen LogP contribution >= 0.6 is 0 Å². The van der Waals surface area contributed by atoms with Crippen LogP contribution in [0.4, 0.5) is 9.18 Å². The van der Waals surface area contributed by atoms with Crippen molar-refractivity contribution in [3.63, 3.8) is 0 Å². The molecule has 1 saturated heterocycles. The van der Waals surface area contributed by atoms with Crippen molar-refractivity contribution < 1.29 is 18.7 Å². The molecule has 0 spiro atoms. The lowest BCUT2D eigenvalue weighted by Crippen LogP contribution is -2.48. The summed E-state index contributed by atoms with van der Waals surface area (Å²) in [6.45, 7) is 5.28. The number of nitriles is 1.